The molecular weight excluding hydrogens is 276 g/mol. The molecule has 0 aliphatic rings. The molecule has 0 radical (unpaired) electrons. The lowest BCUT2D eigenvalue weighted by molar-refractivity contribution is -0.150. The number of carbonyl (C=O) groups excluding carboxylic acids is 1. The standard InChI is InChI=1S/C15H18O6/c1-4-20-15(18)10(2)21-14-11(8-9-13(16)17)6-5-7-12(14)19-3/h5-10H,4H2,1-3H3,(H,16,17). The lowest BCUT2D eigenvalue weighted by atomic mass is 10.1. The van der Waals surface area contributed by atoms with Crippen LogP contribution >= 0.6 is 0 Å². The number of methoxy groups -OCH3 is 1. The Morgan fingerprint density at radius 1 is 1.38 bits per heavy atom. The molecule has 1 aromatic rings. The van der Waals surface area contributed by atoms with E-state index in [9.17, 15) is 9.59 Å². The first-order valence-corrected chi connectivity index (χ1v) is 6.40. The van der Waals surface area contributed by atoms with Crippen LogP contribution < -0.4 is 9.47 Å². The van der Waals surface area contributed by atoms with Crippen LogP contribution in [0, 0.1) is 0 Å². The second kappa shape index (κ2) is 7.94. The Kier molecular flexibility index (Phi) is 6.26. The van der Waals surface area contributed by atoms with Crippen LogP contribution in [0.5, 0.6) is 11.5 Å². The van der Waals surface area contributed by atoms with E-state index in [4.69, 9.17) is 19.3 Å². The molecule has 1 unspecified atom stereocenters. The third kappa shape index (κ3) is 4.83. The maximum atomic E-state index is 11.6. The second-order valence-electron chi connectivity index (χ2n) is 4.06. The van der Waals surface area contributed by atoms with Crippen molar-refractivity contribution in [2.24, 2.45) is 0 Å². The summed E-state index contributed by atoms with van der Waals surface area (Å²) in [5, 5.41) is 8.70. The summed E-state index contributed by atoms with van der Waals surface area (Å²) >= 11 is 0. The van der Waals surface area contributed by atoms with Crippen molar-refractivity contribution in [3.8, 4) is 11.5 Å². The number of rotatable bonds is 7. The Hall–Kier alpha value is -2.50. The Morgan fingerprint density at radius 3 is 2.67 bits per heavy atom. The Labute approximate surface area is 122 Å². The maximum Gasteiger partial charge on any atom is 0.347 e. The van der Waals surface area contributed by atoms with Gasteiger partial charge in [-0.25, -0.2) is 9.59 Å². The molecule has 0 amide bonds. The molecule has 0 bridgehead atoms. The van der Waals surface area contributed by atoms with Crippen molar-refractivity contribution in [2.45, 2.75) is 20.0 Å². The Morgan fingerprint density at radius 2 is 2.10 bits per heavy atom. The molecule has 1 N–H and O–H groups in total. The number of aliphatic carboxylic acids is 1. The number of carbonyl (C=O) groups is 2. The van der Waals surface area contributed by atoms with Gasteiger partial charge in [-0.1, -0.05) is 12.1 Å². The summed E-state index contributed by atoms with van der Waals surface area (Å²) < 4.78 is 15.6. The molecule has 0 fully saturated rings. The van der Waals surface area contributed by atoms with Crippen molar-refractivity contribution in [1.29, 1.82) is 0 Å². The monoisotopic (exact) mass is 294 g/mol. The van der Waals surface area contributed by atoms with Crippen LogP contribution in [0.15, 0.2) is 24.3 Å². The summed E-state index contributed by atoms with van der Waals surface area (Å²) in [5.74, 6) is -0.893. The molecule has 0 saturated carbocycles. The molecule has 0 saturated heterocycles. The number of hydrogen-bond acceptors (Lipinski definition) is 5. The highest BCUT2D eigenvalue weighted by molar-refractivity contribution is 5.86. The lowest BCUT2D eigenvalue weighted by Crippen LogP contribution is -2.26. The highest BCUT2D eigenvalue weighted by Gasteiger charge is 2.19. The van der Waals surface area contributed by atoms with Crippen LogP contribution in [0.3, 0.4) is 0 Å². The molecule has 1 atom stereocenters. The molecule has 1 aromatic carbocycles. The summed E-state index contributed by atoms with van der Waals surface area (Å²) in [6.07, 6.45) is 1.52. The van der Waals surface area contributed by atoms with Crippen molar-refractivity contribution >= 4 is 18.0 Å². The molecule has 0 aliphatic carbocycles. The SMILES string of the molecule is CCOC(=O)C(C)Oc1c(C=CC(=O)O)cccc1OC. The van der Waals surface area contributed by atoms with Gasteiger partial charge >= 0.3 is 11.9 Å². The third-order valence-electron chi connectivity index (χ3n) is 2.55. The predicted octanol–water partition coefficient (Wildman–Crippen LogP) is 2.12. The zero-order valence-electron chi connectivity index (χ0n) is 12.2. The number of benzene rings is 1. The average Bonchev–Trinajstić information content (AvgIpc) is 2.46. The molecular formula is C15H18O6. The predicted molar refractivity (Wildman–Crippen MR) is 76.4 cm³/mol. The summed E-state index contributed by atoms with van der Waals surface area (Å²) in [6, 6.07) is 5.02. The van der Waals surface area contributed by atoms with E-state index in [1.165, 1.54) is 13.2 Å². The highest BCUT2D eigenvalue weighted by atomic mass is 16.6. The molecule has 114 valence electrons. The minimum Gasteiger partial charge on any atom is -0.493 e. The first-order valence-electron chi connectivity index (χ1n) is 6.40. The summed E-state index contributed by atoms with van der Waals surface area (Å²) in [4.78, 5) is 22.2. The number of esters is 1. The highest BCUT2D eigenvalue weighted by Crippen LogP contribution is 2.33. The van der Waals surface area contributed by atoms with Crippen LogP contribution in [0.4, 0.5) is 0 Å². The minimum absolute atomic E-state index is 0.254. The second-order valence-corrected chi connectivity index (χ2v) is 4.06. The topological polar surface area (TPSA) is 82.1 Å². The fourth-order valence-corrected chi connectivity index (χ4v) is 1.60. The minimum atomic E-state index is -1.08. The van der Waals surface area contributed by atoms with Crippen molar-refractivity contribution < 1.29 is 28.9 Å². The van der Waals surface area contributed by atoms with Crippen LogP contribution in [-0.4, -0.2) is 36.9 Å². The molecule has 1 rings (SSSR count). The molecule has 6 heteroatoms. The van der Waals surface area contributed by atoms with Gasteiger partial charge in [0.25, 0.3) is 0 Å². The van der Waals surface area contributed by atoms with Crippen LogP contribution in [-0.2, 0) is 14.3 Å². The van der Waals surface area contributed by atoms with Gasteiger partial charge in [-0.3, -0.25) is 0 Å². The number of para-hydroxylation sites is 1. The summed E-state index contributed by atoms with van der Waals surface area (Å²) in [5.41, 5.74) is 0.493. The zero-order chi connectivity index (χ0) is 15.8. The van der Waals surface area contributed by atoms with Crippen molar-refractivity contribution in [2.75, 3.05) is 13.7 Å². The number of hydrogen-bond donors (Lipinski definition) is 1. The molecule has 21 heavy (non-hydrogen) atoms. The quantitative estimate of drug-likeness (QED) is 0.612. The number of carboxylic acids is 1. The van der Waals surface area contributed by atoms with Crippen LogP contribution in [0.2, 0.25) is 0 Å². The van der Waals surface area contributed by atoms with E-state index in [2.05, 4.69) is 0 Å². The van der Waals surface area contributed by atoms with Crippen molar-refractivity contribution in [3.05, 3.63) is 29.8 Å². The van der Waals surface area contributed by atoms with Gasteiger partial charge < -0.3 is 19.3 Å². The summed E-state index contributed by atoms with van der Waals surface area (Å²) in [7, 11) is 1.46. The first kappa shape index (κ1) is 16.6. The van der Waals surface area contributed by atoms with E-state index in [-0.39, 0.29) is 12.4 Å². The lowest BCUT2D eigenvalue weighted by Gasteiger charge is -2.17. The van der Waals surface area contributed by atoms with E-state index >= 15 is 0 Å². The third-order valence-corrected chi connectivity index (χ3v) is 2.55. The smallest absolute Gasteiger partial charge is 0.347 e. The van der Waals surface area contributed by atoms with E-state index in [1.807, 2.05) is 0 Å². The van der Waals surface area contributed by atoms with E-state index in [0.29, 0.717) is 11.3 Å². The van der Waals surface area contributed by atoms with E-state index < -0.39 is 18.0 Å². The molecule has 0 heterocycles. The normalized spacial score (nSPS) is 12.0. The van der Waals surface area contributed by atoms with Gasteiger partial charge in [0.05, 0.1) is 13.7 Å². The molecule has 0 aliphatic heterocycles. The van der Waals surface area contributed by atoms with Crippen LogP contribution in [0.25, 0.3) is 6.08 Å². The molecule has 6 nitrogen and oxygen atoms in total. The fourth-order valence-electron chi connectivity index (χ4n) is 1.60. The van der Waals surface area contributed by atoms with Crippen molar-refractivity contribution in [3.63, 3.8) is 0 Å². The maximum absolute atomic E-state index is 11.6. The van der Waals surface area contributed by atoms with Gasteiger partial charge in [-0.05, 0) is 26.0 Å². The Bertz CT molecular complexity index is 535. The summed E-state index contributed by atoms with van der Waals surface area (Å²) in [6.45, 7) is 3.51. The van der Waals surface area contributed by atoms with Gasteiger partial charge in [0.1, 0.15) is 0 Å². The van der Waals surface area contributed by atoms with Gasteiger partial charge in [-0.2, -0.15) is 0 Å². The number of carboxylic acid groups (broad SMARTS) is 1. The van der Waals surface area contributed by atoms with Gasteiger partial charge in [0.2, 0.25) is 0 Å². The van der Waals surface area contributed by atoms with Gasteiger partial charge in [0.15, 0.2) is 17.6 Å². The fraction of sp³-hybridized carbons (Fsp3) is 0.333. The largest absolute Gasteiger partial charge is 0.493 e. The van der Waals surface area contributed by atoms with E-state index in [0.717, 1.165) is 6.08 Å². The average molecular weight is 294 g/mol. The first-order chi connectivity index (χ1) is 9.99. The zero-order valence-corrected chi connectivity index (χ0v) is 12.2. The Balaban J connectivity index is 3.07. The van der Waals surface area contributed by atoms with Gasteiger partial charge in [0, 0.05) is 11.6 Å². The van der Waals surface area contributed by atoms with Crippen molar-refractivity contribution in [1.82, 2.24) is 0 Å². The molecule has 0 spiro atoms. The van der Waals surface area contributed by atoms with Gasteiger partial charge in [-0.15, -0.1) is 0 Å². The molecule has 0 aromatic heterocycles. The van der Waals surface area contributed by atoms with E-state index in [1.54, 1.807) is 32.0 Å². The van der Waals surface area contributed by atoms with Crippen LogP contribution in [0.1, 0.15) is 19.4 Å². The number of ether oxygens (including phenoxy) is 3.